The number of imidazole rings is 2. The Labute approximate surface area is 405 Å². The second-order valence-electron chi connectivity index (χ2n) is 19.2. The fourth-order valence-electron chi connectivity index (χ4n) is 11.3. The van der Waals surface area contributed by atoms with E-state index in [1.54, 1.807) is 12.1 Å². The zero-order chi connectivity index (χ0) is 47.4. The van der Waals surface area contributed by atoms with Crippen LogP contribution in [0.2, 0.25) is 10.0 Å². The summed E-state index contributed by atoms with van der Waals surface area (Å²) in [6.45, 7) is 7.73. The van der Waals surface area contributed by atoms with Gasteiger partial charge in [0.1, 0.15) is 23.2 Å². The Balaban J connectivity index is 0.000000163. The number of aromatic nitrogens is 6. The van der Waals surface area contributed by atoms with E-state index < -0.39 is 0 Å². The second kappa shape index (κ2) is 19.1. The molecule has 4 aromatic heterocycles. The molecule has 16 heteroatoms. The molecule has 2 saturated carbocycles. The monoisotopic (exact) mass is 960 g/mol. The van der Waals surface area contributed by atoms with Crippen LogP contribution >= 0.6 is 23.2 Å². The smallest absolute Gasteiger partial charge is 0.227 e. The standard InChI is InChI=1S/C29H30Cl2N4O3.C23H28N4O3/c1-16-28(17(2)38-33-16)18-6-13-25-24(14-18)32-29(35(25)19-7-10-21(36)11-8-19)26-4-3-5-27(37)34(26)20-9-12-22(30)23(31)15-20;1-13-22(14(2)30-26-13)15-6-11-20-19(12-15)25-23(18-4-3-5-21(29)24-18)27(20)16-7-9-17(28)10-8-16/h6,9,12-15,19,21,26,36H,3-5,7-8,10-11H2,1-2H3;6,11-12,16-18,28H,3-5,7-10H2,1-2H3,(H,24,29)/t19?,21?,26-;16?,17?,18-/m00/s1. The van der Waals surface area contributed by atoms with Crippen molar-refractivity contribution in [3.8, 4) is 22.3 Å². The Bertz CT molecular complexity index is 2970. The highest BCUT2D eigenvalue weighted by Gasteiger charge is 2.37. The fourth-order valence-corrected chi connectivity index (χ4v) is 11.6. The fraction of sp³-hybridized carbons (Fsp3) is 0.462. The molecule has 0 unspecified atom stereocenters. The first-order valence-electron chi connectivity index (χ1n) is 24.2. The average molecular weight is 962 g/mol. The molecule has 3 N–H and O–H groups in total. The SMILES string of the molecule is Cc1noc(C)c1-c1ccc2c(c1)nc([C@@H]1CCCC(=O)N1)n2C1CCC(O)CC1.Cc1noc(C)c1-c1ccc2c(c1)nc([C@@H]1CCCC(=O)N1c1ccc(Cl)c(Cl)c1)n2C1CCC(O)CC1. The second-order valence-corrected chi connectivity index (χ2v) is 20.0. The van der Waals surface area contributed by atoms with Crippen LogP contribution in [0.1, 0.15) is 149 Å². The number of aliphatic hydroxyl groups excluding tert-OH is 2. The molecule has 2 atom stereocenters. The van der Waals surface area contributed by atoms with E-state index in [1.165, 1.54) is 0 Å². The van der Waals surface area contributed by atoms with Gasteiger partial charge in [0.05, 0.1) is 67.8 Å². The molecule has 11 rings (SSSR count). The van der Waals surface area contributed by atoms with Crippen molar-refractivity contribution in [2.75, 3.05) is 4.90 Å². The van der Waals surface area contributed by atoms with E-state index in [4.69, 9.17) is 42.2 Å². The van der Waals surface area contributed by atoms with Crippen molar-refractivity contribution in [1.82, 2.24) is 34.7 Å². The van der Waals surface area contributed by atoms with Gasteiger partial charge in [-0.1, -0.05) is 45.6 Å². The molecule has 4 fully saturated rings. The summed E-state index contributed by atoms with van der Waals surface area (Å²) in [4.78, 5) is 37.5. The zero-order valence-corrected chi connectivity index (χ0v) is 40.5. The molecule has 2 aliphatic heterocycles. The van der Waals surface area contributed by atoms with Gasteiger partial charge in [0, 0.05) is 41.7 Å². The highest BCUT2D eigenvalue weighted by Crippen LogP contribution is 2.43. The molecule has 2 aliphatic carbocycles. The number of amides is 2. The molecule has 2 amide bonds. The summed E-state index contributed by atoms with van der Waals surface area (Å²) in [7, 11) is 0. The minimum absolute atomic E-state index is 0.0497. The molecule has 356 valence electrons. The van der Waals surface area contributed by atoms with Gasteiger partial charge in [-0.2, -0.15) is 0 Å². The molecule has 0 bridgehead atoms. The predicted octanol–water partition coefficient (Wildman–Crippen LogP) is 11.5. The molecule has 7 aromatic rings. The molecule has 3 aromatic carbocycles. The number of aryl methyl sites for hydroxylation is 4. The van der Waals surface area contributed by atoms with Crippen molar-refractivity contribution in [1.29, 1.82) is 0 Å². The van der Waals surface area contributed by atoms with Gasteiger partial charge in [-0.3, -0.25) is 9.59 Å². The molecular formula is C52H58Cl2N8O6. The Hall–Kier alpha value is -5.54. The van der Waals surface area contributed by atoms with Gasteiger partial charge in [0.2, 0.25) is 11.8 Å². The average Bonchev–Trinajstić information content (AvgIpc) is 4.09. The summed E-state index contributed by atoms with van der Waals surface area (Å²) in [6.07, 6.45) is 10.6. The van der Waals surface area contributed by atoms with E-state index in [9.17, 15) is 19.8 Å². The van der Waals surface area contributed by atoms with Gasteiger partial charge in [-0.05, 0) is 158 Å². The number of nitrogens with one attached hydrogen (secondary N) is 1. The van der Waals surface area contributed by atoms with Crippen molar-refractivity contribution >= 4 is 62.8 Å². The van der Waals surface area contributed by atoms with E-state index >= 15 is 0 Å². The van der Waals surface area contributed by atoms with Crippen LogP contribution in [0.15, 0.2) is 63.6 Å². The van der Waals surface area contributed by atoms with Crippen LogP contribution in [0.3, 0.4) is 0 Å². The molecule has 68 heavy (non-hydrogen) atoms. The lowest BCUT2D eigenvalue weighted by Gasteiger charge is -2.37. The number of piperidine rings is 2. The van der Waals surface area contributed by atoms with E-state index in [-0.39, 0.29) is 48.2 Å². The summed E-state index contributed by atoms with van der Waals surface area (Å²) < 4.78 is 15.4. The van der Waals surface area contributed by atoms with Crippen molar-refractivity contribution < 1.29 is 28.8 Å². The molecule has 14 nitrogen and oxygen atoms in total. The van der Waals surface area contributed by atoms with Crippen LogP contribution in [0.25, 0.3) is 44.3 Å². The van der Waals surface area contributed by atoms with Gasteiger partial charge in [0.25, 0.3) is 0 Å². The van der Waals surface area contributed by atoms with Crippen molar-refractivity contribution in [3.05, 3.63) is 99.2 Å². The van der Waals surface area contributed by atoms with Crippen LogP contribution < -0.4 is 10.2 Å². The number of benzene rings is 3. The highest BCUT2D eigenvalue weighted by molar-refractivity contribution is 6.42. The molecular weight excluding hydrogens is 904 g/mol. The number of carbonyl (C=O) groups is 2. The van der Waals surface area contributed by atoms with Gasteiger partial charge in [0.15, 0.2) is 0 Å². The maximum Gasteiger partial charge on any atom is 0.227 e. The first-order valence-corrected chi connectivity index (χ1v) is 24.9. The third kappa shape index (κ3) is 8.84. The third-order valence-corrected chi connectivity index (χ3v) is 15.4. The van der Waals surface area contributed by atoms with E-state index in [1.807, 2.05) is 38.7 Å². The van der Waals surface area contributed by atoms with Crippen molar-refractivity contribution in [2.45, 2.75) is 154 Å². The first kappa shape index (κ1) is 46.2. The molecule has 4 aliphatic rings. The lowest BCUT2D eigenvalue weighted by Crippen LogP contribution is -2.40. The summed E-state index contributed by atoms with van der Waals surface area (Å²) in [5.41, 5.74) is 10.4. The van der Waals surface area contributed by atoms with Crippen LogP contribution in [-0.2, 0) is 9.59 Å². The maximum absolute atomic E-state index is 13.4. The number of halogens is 2. The molecule has 2 saturated heterocycles. The number of hydrogen-bond donors (Lipinski definition) is 3. The van der Waals surface area contributed by atoms with Gasteiger partial charge in [-0.15, -0.1) is 0 Å². The number of hydrogen-bond acceptors (Lipinski definition) is 10. The Morgan fingerprint density at radius 3 is 1.66 bits per heavy atom. The molecule has 0 radical (unpaired) electrons. The van der Waals surface area contributed by atoms with Crippen LogP contribution in [0.4, 0.5) is 5.69 Å². The quantitative estimate of drug-likeness (QED) is 0.139. The summed E-state index contributed by atoms with van der Waals surface area (Å²) >= 11 is 12.6. The Morgan fingerprint density at radius 2 is 1.15 bits per heavy atom. The number of carbonyl (C=O) groups excluding carboxylic acids is 2. The molecule has 0 spiro atoms. The summed E-state index contributed by atoms with van der Waals surface area (Å²) in [6, 6.07) is 18.2. The Morgan fingerprint density at radius 1 is 0.618 bits per heavy atom. The van der Waals surface area contributed by atoms with Crippen LogP contribution in [0, 0.1) is 27.7 Å². The van der Waals surface area contributed by atoms with Crippen LogP contribution in [0.5, 0.6) is 0 Å². The lowest BCUT2D eigenvalue weighted by atomic mass is 9.92. The number of fused-ring (bicyclic) bond motifs is 2. The topological polar surface area (TPSA) is 178 Å². The lowest BCUT2D eigenvalue weighted by molar-refractivity contribution is -0.123. The number of nitrogens with zero attached hydrogens (tertiary/aromatic N) is 7. The van der Waals surface area contributed by atoms with E-state index in [2.05, 4.69) is 61.2 Å². The summed E-state index contributed by atoms with van der Waals surface area (Å²) in [5.74, 6) is 3.53. The zero-order valence-electron chi connectivity index (χ0n) is 39.0. The number of rotatable bonds is 7. The minimum atomic E-state index is -0.264. The number of anilines is 1. The maximum atomic E-state index is 13.4. The van der Waals surface area contributed by atoms with E-state index in [0.717, 1.165) is 162 Å². The van der Waals surface area contributed by atoms with Crippen molar-refractivity contribution in [2.24, 2.45) is 0 Å². The molecule has 6 heterocycles. The van der Waals surface area contributed by atoms with Crippen LogP contribution in [-0.4, -0.2) is 63.7 Å². The van der Waals surface area contributed by atoms with Gasteiger partial charge < -0.3 is 38.6 Å². The summed E-state index contributed by atoms with van der Waals surface area (Å²) in [5, 5.41) is 32.4. The van der Waals surface area contributed by atoms with Crippen molar-refractivity contribution in [3.63, 3.8) is 0 Å². The van der Waals surface area contributed by atoms with Gasteiger partial charge in [-0.25, -0.2) is 9.97 Å². The van der Waals surface area contributed by atoms with E-state index in [0.29, 0.717) is 22.9 Å². The third-order valence-electron chi connectivity index (χ3n) is 14.6. The number of aliphatic hydroxyl groups is 2. The minimum Gasteiger partial charge on any atom is -0.393 e. The highest BCUT2D eigenvalue weighted by atomic mass is 35.5. The Kier molecular flexibility index (Phi) is 13.0. The largest absolute Gasteiger partial charge is 0.393 e. The normalized spacial score (nSPS) is 23.5. The first-order chi connectivity index (χ1) is 32.8. The predicted molar refractivity (Wildman–Crippen MR) is 262 cm³/mol. The van der Waals surface area contributed by atoms with Gasteiger partial charge >= 0.3 is 0 Å².